The number of ether oxygens (including phenoxy) is 1. The monoisotopic (exact) mass is 272 g/mol. The molecule has 5 nitrogen and oxygen atoms in total. The second kappa shape index (κ2) is 6.56. The standard InChI is InChI=1S/C12H17ClN2O3/c1-8(2)15(4-5-18-3)11-7-9(12(16)17)6-10(13)14-11/h6-8H,4-5H2,1-3H3,(H,16,17). The van der Waals surface area contributed by atoms with Crippen LogP contribution in [0, 0.1) is 0 Å². The molecule has 0 aliphatic rings. The maximum Gasteiger partial charge on any atom is 0.335 e. The highest BCUT2D eigenvalue weighted by Gasteiger charge is 2.15. The van der Waals surface area contributed by atoms with Crippen LogP contribution in [0.1, 0.15) is 24.2 Å². The highest BCUT2D eigenvalue weighted by molar-refractivity contribution is 6.29. The summed E-state index contributed by atoms with van der Waals surface area (Å²) < 4.78 is 5.03. The fraction of sp³-hybridized carbons (Fsp3) is 0.500. The molecule has 1 aromatic rings. The molecule has 1 aromatic heterocycles. The smallest absolute Gasteiger partial charge is 0.335 e. The summed E-state index contributed by atoms with van der Waals surface area (Å²) in [6, 6.07) is 3.03. The van der Waals surface area contributed by atoms with Crippen LogP contribution in [0.25, 0.3) is 0 Å². The van der Waals surface area contributed by atoms with Crippen LogP contribution in [0.4, 0.5) is 5.82 Å². The summed E-state index contributed by atoms with van der Waals surface area (Å²) in [6.45, 7) is 5.16. The molecule has 0 unspecified atom stereocenters. The van der Waals surface area contributed by atoms with Crippen LogP contribution in [-0.2, 0) is 4.74 Å². The van der Waals surface area contributed by atoms with Gasteiger partial charge in [-0.05, 0) is 26.0 Å². The maximum absolute atomic E-state index is 11.0. The lowest BCUT2D eigenvalue weighted by Crippen LogP contribution is -2.34. The lowest BCUT2D eigenvalue weighted by molar-refractivity contribution is 0.0696. The zero-order chi connectivity index (χ0) is 13.7. The van der Waals surface area contributed by atoms with Crippen LogP contribution in [0.3, 0.4) is 0 Å². The third kappa shape index (κ3) is 3.85. The zero-order valence-corrected chi connectivity index (χ0v) is 11.4. The lowest BCUT2D eigenvalue weighted by atomic mass is 10.2. The number of aromatic nitrogens is 1. The number of aromatic carboxylic acids is 1. The number of halogens is 1. The van der Waals surface area contributed by atoms with Crippen molar-refractivity contribution in [2.45, 2.75) is 19.9 Å². The Morgan fingerprint density at radius 1 is 1.56 bits per heavy atom. The van der Waals surface area contributed by atoms with Gasteiger partial charge in [0.05, 0.1) is 12.2 Å². The van der Waals surface area contributed by atoms with Crippen molar-refractivity contribution in [1.82, 2.24) is 4.98 Å². The van der Waals surface area contributed by atoms with E-state index in [0.29, 0.717) is 19.0 Å². The minimum Gasteiger partial charge on any atom is -0.478 e. The number of hydrogen-bond acceptors (Lipinski definition) is 4. The van der Waals surface area contributed by atoms with Crippen LogP contribution in [0.2, 0.25) is 5.15 Å². The van der Waals surface area contributed by atoms with Crippen molar-refractivity contribution in [1.29, 1.82) is 0 Å². The van der Waals surface area contributed by atoms with Crippen LogP contribution < -0.4 is 4.90 Å². The van der Waals surface area contributed by atoms with E-state index in [0.717, 1.165) is 0 Å². The van der Waals surface area contributed by atoms with Crippen molar-refractivity contribution in [3.8, 4) is 0 Å². The molecule has 18 heavy (non-hydrogen) atoms. The molecule has 0 spiro atoms. The summed E-state index contributed by atoms with van der Waals surface area (Å²) in [4.78, 5) is 17.1. The van der Waals surface area contributed by atoms with Crippen LogP contribution in [0.5, 0.6) is 0 Å². The molecule has 100 valence electrons. The summed E-state index contributed by atoms with van der Waals surface area (Å²) >= 11 is 5.84. The Balaban J connectivity index is 3.07. The van der Waals surface area contributed by atoms with E-state index in [9.17, 15) is 4.79 Å². The van der Waals surface area contributed by atoms with E-state index in [1.807, 2.05) is 18.7 Å². The van der Waals surface area contributed by atoms with Crippen LogP contribution >= 0.6 is 11.6 Å². The van der Waals surface area contributed by atoms with Gasteiger partial charge in [0, 0.05) is 19.7 Å². The van der Waals surface area contributed by atoms with E-state index in [1.165, 1.54) is 12.1 Å². The van der Waals surface area contributed by atoms with Gasteiger partial charge in [-0.3, -0.25) is 0 Å². The SMILES string of the molecule is COCCN(c1cc(C(=O)O)cc(Cl)n1)C(C)C. The first kappa shape index (κ1) is 14.7. The molecule has 0 radical (unpaired) electrons. The second-order valence-corrected chi connectivity index (χ2v) is 4.51. The molecule has 0 amide bonds. The highest BCUT2D eigenvalue weighted by atomic mass is 35.5. The van der Waals surface area contributed by atoms with Gasteiger partial charge in [-0.1, -0.05) is 11.6 Å². The summed E-state index contributed by atoms with van der Waals surface area (Å²) in [6.07, 6.45) is 0. The van der Waals surface area contributed by atoms with Gasteiger partial charge >= 0.3 is 5.97 Å². The van der Waals surface area contributed by atoms with Crippen molar-refractivity contribution >= 4 is 23.4 Å². The molecular weight excluding hydrogens is 256 g/mol. The Kier molecular flexibility index (Phi) is 5.37. The third-order valence-corrected chi connectivity index (χ3v) is 2.68. The van der Waals surface area contributed by atoms with Gasteiger partial charge in [-0.25, -0.2) is 9.78 Å². The molecule has 0 aromatic carbocycles. The molecule has 0 atom stereocenters. The zero-order valence-electron chi connectivity index (χ0n) is 10.7. The predicted molar refractivity (Wildman–Crippen MR) is 70.6 cm³/mol. The largest absolute Gasteiger partial charge is 0.478 e. The molecule has 1 N–H and O–H groups in total. The Bertz CT molecular complexity index is 424. The number of anilines is 1. The molecule has 0 fully saturated rings. The average molecular weight is 273 g/mol. The van der Waals surface area contributed by atoms with E-state index in [4.69, 9.17) is 21.4 Å². The van der Waals surface area contributed by atoms with Gasteiger partial charge in [0.15, 0.2) is 0 Å². The van der Waals surface area contributed by atoms with Gasteiger partial charge in [-0.2, -0.15) is 0 Å². The number of hydrogen-bond donors (Lipinski definition) is 1. The van der Waals surface area contributed by atoms with E-state index in [-0.39, 0.29) is 16.8 Å². The first-order chi connectivity index (χ1) is 8.45. The van der Waals surface area contributed by atoms with Gasteiger partial charge < -0.3 is 14.7 Å². The fourth-order valence-electron chi connectivity index (χ4n) is 1.58. The normalized spacial score (nSPS) is 10.7. The predicted octanol–water partition coefficient (Wildman–Crippen LogP) is 2.29. The van der Waals surface area contributed by atoms with Gasteiger partial charge in [0.1, 0.15) is 11.0 Å². The summed E-state index contributed by atoms with van der Waals surface area (Å²) in [5.74, 6) is -0.469. The quantitative estimate of drug-likeness (QED) is 0.805. The summed E-state index contributed by atoms with van der Waals surface area (Å²) in [7, 11) is 1.62. The Morgan fingerprint density at radius 2 is 2.22 bits per heavy atom. The van der Waals surface area contributed by atoms with E-state index < -0.39 is 5.97 Å². The molecule has 1 heterocycles. The van der Waals surface area contributed by atoms with Crippen molar-refractivity contribution in [2.75, 3.05) is 25.2 Å². The lowest BCUT2D eigenvalue weighted by Gasteiger charge is -2.27. The number of carboxylic acid groups (broad SMARTS) is 1. The number of carboxylic acids is 1. The molecule has 0 saturated carbocycles. The Labute approximate surface area is 111 Å². The van der Waals surface area contributed by atoms with Crippen LogP contribution in [-0.4, -0.2) is 42.4 Å². The fourth-order valence-corrected chi connectivity index (χ4v) is 1.78. The van der Waals surface area contributed by atoms with Crippen molar-refractivity contribution in [2.24, 2.45) is 0 Å². The van der Waals surface area contributed by atoms with Crippen molar-refractivity contribution in [3.05, 3.63) is 22.8 Å². The highest BCUT2D eigenvalue weighted by Crippen LogP contribution is 2.20. The molecule has 1 rings (SSSR count). The number of pyridine rings is 1. The third-order valence-electron chi connectivity index (χ3n) is 2.48. The minimum absolute atomic E-state index is 0.132. The molecule has 0 aliphatic heterocycles. The second-order valence-electron chi connectivity index (χ2n) is 4.12. The van der Waals surface area contributed by atoms with Gasteiger partial charge in [0.25, 0.3) is 0 Å². The first-order valence-corrected chi connectivity index (χ1v) is 6.00. The average Bonchev–Trinajstić information content (AvgIpc) is 2.28. The number of methoxy groups -OCH3 is 1. The van der Waals surface area contributed by atoms with Gasteiger partial charge in [0.2, 0.25) is 0 Å². The minimum atomic E-state index is -1.02. The maximum atomic E-state index is 11.0. The van der Waals surface area contributed by atoms with Crippen molar-refractivity contribution < 1.29 is 14.6 Å². The summed E-state index contributed by atoms with van der Waals surface area (Å²) in [5.41, 5.74) is 0.132. The van der Waals surface area contributed by atoms with Crippen LogP contribution in [0.15, 0.2) is 12.1 Å². The molecule has 6 heteroatoms. The van der Waals surface area contributed by atoms with Gasteiger partial charge in [-0.15, -0.1) is 0 Å². The number of carbonyl (C=O) groups is 1. The molecule has 0 saturated heterocycles. The summed E-state index contributed by atoms with van der Waals surface area (Å²) in [5, 5.41) is 9.17. The molecule has 0 aliphatic carbocycles. The Morgan fingerprint density at radius 3 is 2.72 bits per heavy atom. The van der Waals surface area contributed by atoms with E-state index in [2.05, 4.69) is 4.98 Å². The molecule has 0 bridgehead atoms. The van der Waals surface area contributed by atoms with E-state index >= 15 is 0 Å². The number of nitrogens with zero attached hydrogens (tertiary/aromatic N) is 2. The van der Waals surface area contributed by atoms with E-state index in [1.54, 1.807) is 7.11 Å². The molecular formula is C12H17ClN2O3. The first-order valence-electron chi connectivity index (χ1n) is 5.62. The Hall–Kier alpha value is -1.33. The topological polar surface area (TPSA) is 62.7 Å². The number of rotatable bonds is 6. The van der Waals surface area contributed by atoms with Crippen molar-refractivity contribution in [3.63, 3.8) is 0 Å².